The fourth-order valence-corrected chi connectivity index (χ4v) is 1.60. The summed E-state index contributed by atoms with van der Waals surface area (Å²) >= 11 is 0. The molecule has 0 atom stereocenters. The van der Waals surface area contributed by atoms with Gasteiger partial charge in [0.25, 0.3) is 0 Å². The first kappa shape index (κ1) is 11.9. The number of hydrogen-bond acceptors (Lipinski definition) is 3. The molecule has 17 heavy (non-hydrogen) atoms. The van der Waals surface area contributed by atoms with Gasteiger partial charge in [-0.05, 0) is 19.9 Å². The number of nitrogens with one attached hydrogen (secondary N) is 1. The Bertz CT molecular complexity index is 429. The van der Waals surface area contributed by atoms with Gasteiger partial charge in [-0.1, -0.05) is 0 Å². The molecule has 2 heterocycles. The van der Waals surface area contributed by atoms with Crippen molar-refractivity contribution < 1.29 is 0 Å². The maximum atomic E-state index is 4.48. The van der Waals surface area contributed by atoms with Crippen molar-refractivity contribution in [2.45, 2.75) is 33.0 Å². The first-order valence-electron chi connectivity index (χ1n) is 5.96. The Balaban J connectivity index is 1.71. The zero-order valence-electron chi connectivity index (χ0n) is 10.4. The van der Waals surface area contributed by atoms with E-state index in [0.29, 0.717) is 6.04 Å². The van der Waals surface area contributed by atoms with Crippen LogP contribution < -0.4 is 5.32 Å². The standard InChI is InChI=1S/C12H19N5/c1-11(2)17-6-3-12(15-17)9-13-4-7-16-8-5-14-10-16/h3,5-6,8,10-11,13H,4,7,9H2,1-2H3. The Morgan fingerprint density at radius 2 is 2.24 bits per heavy atom. The highest BCUT2D eigenvalue weighted by Gasteiger charge is 2.01. The van der Waals surface area contributed by atoms with Crippen LogP contribution in [-0.2, 0) is 13.1 Å². The molecule has 0 bridgehead atoms. The minimum absolute atomic E-state index is 0.426. The number of nitrogens with zero attached hydrogens (tertiary/aromatic N) is 4. The van der Waals surface area contributed by atoms with Crippen LogP contribution in [0.1, 0.15) is 25.6 Å². The second kappa shape index (κ2) is 5.63. The fourth-order valence-electron chi connectivity index (χ4n) is 1.60. The lowest BCUT2D eigenvalue weighted by Gasteiger charge is -2.05. The van der Waals surface area contributed by atoms with Gasteiger partial charge in [-0.25, -0.2) is 4.98 Å². The molecule has 0 radical (unpaired) electrons. The zero-order valence-corrected chi connectivity index (χ0v) is 10.4. The van der Waals surface area contributed by atoms with Crippen molar-refractivity contribution in [3.05, 3.63) is 36.7 Å². The Kier molecular flexibility index (Phi) is 3.93. The van der Waals surface area contributed by atoms with Crippen LogP contribution in [0, 0.1) is 0 Å². The molecule has 0 unspecified atom stereocenters. The normalized spacial score (nSPS) is 11.2. The van der Waals surface area contributed by atoms with E-state index in [4.69, 9.17) is 0 Å². The average molecular weight is 233 g/mol. The largest absolute Gasteiger partial charge is 0.336 e. The van der Waals surface area contributed by atoms with Gasteiger partial charge in [0, 0.05) is 44.3 Å². The highest BCUT2D eigenvalue weighted by Crippen LogP contribution is 2.03. The number of imidazole rings is 1. The number of hydrogen-bond donors (Lipinski definition) is 1. The van der Waals surface area contributed by atoms with E-state index >= 15 is 0 Å². The maximum Gasteiger partial charge on any atom is 0.0946 e. The van der Waals surface area contributed by atoms with Gasteiger partial charge >= 0.3 is 0 Å². The van der Waals surface area contributed by atoms with Gasteiger partial charge in [-0.2, -0.15) is 5.10 Å². The van der Waals surface area contributed by atoms with Crippen LogP contribution in [0.3, 0.4) is 0 Å². The molecule has 5 nitrogen and oxygen atoms in total. The van der Waals surface area contributed by atoms with E-state index in [-0.39, 0.29) is 0 Å². The summed E-state index contributed by atoms with van der Waals surface area (Å²) in [6.45, 7) is 6.93. The summed E-state index contributed by atoms with van der Waals surface area (Å²) in [5, 5.41) is 7.85. The summed E-state index contributed by atoms with van der Waals surface area (Å²) < 4.78 is 4.03. The first-order valence-corrected chi connectivity index (χ1v) is 5.96. The van der Waals surface area contributed by atoms with Crippen molar-refractivity contribution in [1.29, 1.82) is 0 Å². The third kappa shape index (κ3) is 3.42. The quantitative estimate of drug-likeness (QED) is 0.768. The van der Waals surface area contributed by atoms with Crippen LogP contribution in [0.25, 0.3) is 0 Å². The zero-order chi connectivity index (χ0) is 12.1. The fraction of sp³-hybridized carbons (Fsp3) is 0.500. The highest BCUT2D eigenvalue weighted by atomic mass is 15.3. The lowest BCUT2D eigenvalue weighted by molar-refractivity contribution is 0.518. The van der Waals surface area contributed by atoms with Gasteiger partial charge in [0.1, 0.15) is 0 Å². The predicted octanol–water partition coefficient (Wildman–Crippen LogP) is 1.45. The molecule has 0 fully saturated rings. The van der Waals surface area contributed by atoms with E-state index in [1.807, 2.05) is 23.4 Å². The monoisotopic (exact) mass is 233 g/mol. The van der Waals surface area contributed by atoms with Gasteiger partial charge < -0.3 is 9.88 Å². The second-order valence-corrected chi connectivity index (χ2v) is 4.36. The van der Waals surface area contributed by atoms with Crippen molar-refractivity contribution in [2.75, 3.05) is 6.54 Å². The smallest absolute Gasteiger partial charge is 0.0946 e. The molecule has 2 aromatic heterocycles. The molecule has 0 saturated carbocycles. The van der Waals surface area contributed by atoms with Gasteiger partial charge in [-0.15, -0.1) is 0 Å². The minimum Gasteiger partial charge on any atom is -0.336 e. The summed E-state index contributed by atoms with van der Waals surface area (Å²) in [5.41, 5.74) is 1.09. The maximum absolute atomic E-state index is 4.48. The molecule has 0 aliphatic rings. The second-order valence-electron chi connectivity index (χ2n) is 4.36. The molecule has 0 amide bonds. The molecule has 5 heteroatoms. The topological polar surface area (TPSA) is 47.7 Å². The Hall–Kier alpha value is -1.62. The van der Waals surface area contributed by atoms with Crippen LogP contribution in [0.15, 0.2) is 31.0 Å². The van der Waals surface area contributed by atoms with Crippen molar-refractivity contribution in [1.82, 2.24) is 24.6 Å². The molecule has 0 saturated heterocycles. The Morgan fingerprint density at radius 3 is 2.88 bits per heavy atom. The molecule has 1 N–H and O–H groups in total. The summed E-state index contributed by atoms with van der Waals surface area (Å²) in [7, 11) is 0. The van der Waals surface area contributed by atoms with E-state index in [0.717, 1.165) is 25.3 Å². The van der Waals surface area contributed by atoms with E-state index < -0.39 is 0 Å². The van der Waals surface area contributed by atoms with Gasteiger partial charge in [0.05, 0.1) is 12.0 Å². The molecule has 92 valence electrons. The summed E-state index contributed by atoms with van der Waals surface area (Å²) in [5.74, 6) is 0. The lowest BCUT2D eigenvalue weighted by atomic mass is 10.4. The third-order valence-corrected chi connectivity index (χ3v) is 2.60. The predicted molar refractivity (Wildman–Crippen MR) is 66.5 cm³/mol. The van der Waals surface area contributed by atoms with E-state index in [2.05, 4.69) is 39.9 Å². The summed E-state index contributed by atoms with van der Waals surface area (Å²) in [6, 6.07) is 2.49. The van der Waals surface area contributed by atoms with Crippen LogP contribution in [0.5, 0.6) is 0 Å². The van der Waals surface area contributed by atoms with Gasteiger partial charge in [-0.3, -0.25) is 4.68 Å². The van der Waals surface area contributed by atoms with Crippen molar-refractivity contribution in [2.24, 2.45) is 0 Å². The van der Waals surface area contributed by atoms with Gasteiger partial charge in [0.15, 0.2) is 0 Å². The highest BCUT2D eigenvalue weighted by molar-refractivity contribution is 4.98. The van der Waals surface area contributed by atoms with Gasteiger partial charge in [0.2, 0.25) is 0 Å². The Labute approximate surface area is 101 Å². The van der Waals surface area contributed by atoms with Crippen LogP contribution in [-0.4, -0.2) is 25.9 Å². The number of rotatable bonds is 6. The van der Waals surface area contributed by atoms with Crippen LogP contribution in [0.2, 0.25) is 0 Å². The molecule has 0 aliphatic heterocycles. The first-order chi connectivity index (χ1) is 8.25. The average Bonchev–Trinajstić information content (AvgIpc) is 2.96. The van der Waals surface area contributed by atoms with E-state index in [9.17, 15) is 0 Å². The molecule has 0 aliphatic carbocycles. The van der Waals surface area contributed by atoms with Crippen molar-refractivity contribution in [3.8, 4) is 0 Å². The molecule has 0 spiro atoms. The van der Waals surface area contributed by atoms with E-state index in [1.165, 1.54) is 0 Å². The molecule has 2 aromatic rings. The molecule has 0 aromatic carbocycles. The molecular formula is C12H19N5. The SMILES string of the molecule is CC(C)n1ccc(CNCCn2ccnc2)n1. The van der Waals surface area contributed by atoms with Crippen LogP contribution >= 0.6 is 0 Å². The molecular weight excluding hydrogens is 214 g/mol. The minimum atomic E-state index is 0.426. The summed E-state index contributed by atoms with van der Waals surface area (Å²) in [4.78, 5) is 4.00. The van der Waals surface area contributed by atoms with E-state index in [1.54, 1.807) is 6.20 Å². The lowest BCUT2D eigenvalue weighted by Crippen LogP contribution is -2.19. The van der Waals surface area contributed by atoms with Crippen LogP contribution in [0.4, 0.5) is 0 Å². The van der Waals surface area contributed by atoms with Crippen molar-refractivity contribution in [3.63, 3.8) is 0 Å². The number of aromatic nitrogens is 4. The Morgan fingerprint density at radius 1 is 1.35 bits per heavy atom. The molecule has 2 rings (SSSR count). The summed E-state index contributed by atoms with van der Waals surface area (Å²) in [6.07, 6.45) is 7.62. The van der Waals surface area contributed by atoms with Crippen molar-refractivity contribution >= 4 is 0 Å². The third-order valence-electron chi connectivity index (χ3n) is 2.60.